The first-order valence-electron chi connectivity index (χ1n) is 13.0. The zero-order valence-electron chi connectivity index (χ0n) is 22.1. The van der Waals surface area contributed by atoms with Gasteiger partial charge in [-0.2, -0.15) is 39.5 Å². The van der Waals surface area contributed by atoms with Gasteiger partial charge >= 0.3 is 24.6 Å². The van der Waals surface area contributed by atoms with Crippen molar-refractivity contribution in [3.8, 4) is 16.9 Å². The lowest BCUT2D eigenvalue weighted by molar-refractivity contribution is -0.137. The molecule has 1 saturated carbocycles. The van der Waals surface area contributed by atoms with Crippen LogP contribution in [-0.4, -0.2) is 42.6 Å². The van der Waals surface area contributed by atoms with Crippen LogP contribution in [0.3, 0.4) is 0 Å². The third kappa shape index (κ3) is 4.46. The number of carbonyl (C=O) groups excluding carboxylic acids is 1. The second kappa shape index (κ2) is 9.15. The summed E-state index contributed by atoms with van der Waals surface area (Å²) in [5.41, 5.74) is -7.68. The zero-order chi connectivity index (χ0) is 31.3. The summed E-state index contributed by atoms with van der Waals surface area (Å²) >= 11 is 0. The van der Waals surface area contributed by atoms with Crippen LogP contribution in [-0.2, 0) is 10.9 Å². The molecule has 2 aliphatic carbocycles. The fraction of sp³-hybridized carbons (Fsp3) is 0.414. The standard InChI is InChI=1S/C29H21F10NO3/c1-42-23-5-3-18(30)9-21(23)19-4-2-14(27(31,32)33)7-20(19)22-8-15-12-26(15)25(13-43-24(41)40(22)26)10-16(28(34,35)36)6-17(11-25)29(37,38)39/h2-7,9-10,15,22H,8,11-13H2,1H3/t15?,22-,25?,26?/m0/s1. The number of halogens is 10. The van der Waals surface area contributed by atoms with Crippen molar-refractivity contribution in [3.63, 3.8) is 0 Å². The van der Waals surface area contributed by atoms with Gasteiger partial charge in [0.15, 0.2) is 0 Å². The molecule has 0 radical (unpaired) electrons. The largest absolute Gasteiger partial charge is 0.496 e. The van der Waals surface area contributed by atoms with Crippen LogP contribution in [0, 0.1) is 17.2 Å². The number of amides is 1. The molecule has 1 amide bonds. The highest BCUT2D eigenvalue weighted by molar-refractivity contribution is 5.78. The third-order valence-corrected chi connectivity index (χ3v) is 8.98. The summed E-state index contributed by atoms with van der Waals surface area (Å²) in [4.78, 5) is 14.3. The van der Waals surface area contributed by atoms with E-state index in [1.807, 2.05) is 0 Å². The number of hydrogen-bond acceptors (Lipinski definition) is 3. The predicted octanol–water partition coefficient (Wildman–Crippen LogP) is 8.54. The molecule has 3 unspecified atom stereocenters. The van der Waals surface area contributed by atoms with Gasteiger partial charge in [-0.3, -0.25) is 4.90 Å². The Morgan fingerprint density at radius 1 is 0.930 bits per heavy atom. The highest BCUT2D eigenvalue weighted by Crippen LogP contribution is 2.74. The minimum absolute atomic E-state index is 0.0307. The molecule has 43 heavy (non-hydrogen) atoms. The average molecular weight is 621 g/mol. The molecular weight excluding hydrogens is 600 g/mol. The minimum Gasteiger partial charge on any atom is -0.496 e. The molecule has 2 saturated heterocycles. The molecule has 6 rings (SSSR count). The first-order valence-corrected chi connectivity index (χ1v) is 13.0. The first kappa shape index (κ1) is 29.4. The summed E-state index contributed by atoms with van der Waals surface area (Å²) in [6.45, 7) is -0.772. The van der Waals surface area contributed by atoms with E-state index in [9.17, 15) is 48.7 Å². The number of benzene rings is 2. The van der Waals surface area contributed by atoms with E-state index in [1.165, 1.54) is 13.2 Å². The Bertz CT molecular complexity index is 1570. The van der Waals surface area contributed by atoms with Crippen LogP contribution in [0.2, 0.25) is 0 Å². The average Bonchev–Trinajstić information content (AvgIpc) is 3.53. The van der Waals surface area contributed by atoms with E-state index >= 15 is 0 Å². The lowest BCUT2D eigenvalue weighted by Gasteiger charge is -2.51. The van der Waals surface area contributed by atoms with Crippen molar-refractivity contribution >= 4 is 6.09 Å². The van der Waals surface area contributed by atoms with Crippen LogP contribution in [0.15, 0.2) is 59.7 Å². The molecular formula is C29H21F10NO3. The number of alkyl halides is 9. The predicted molar refractivity (Wildman–Crippen MR) is 130 cm³/mol. The van der Waals surface area contributed by atoms with Crippen molar-refractivity contribution in [2.75, 3.05) is 13.7 Å². The maximum Gasteiger partial charge on any atom is 0.416 e. The smallest absolute Gasteiger partial charge is 0.416 e. The number of piperidine rings is 1. The van der Waals surface area contributed by atoms with Crippen LogP contribution in [0.25, 0.3) is 11.1 Å². The van der Waals surface area contributed by atoms with Crippen molar-refractivity contribution in [1.82, 2.24) is 4.90 Å². The van der Waals surface area contributed by atoms with Gasteiger partial charge < -0.3 is 9.47 Å². The van der Waals surface area contributed by atoms with Crippen LogP contribution in [0.5, 0.6) is 5.75 Å². The minimum atomic E-state index is -5.16. The van der Waals surface area contributed by atoms with E-state index in [4.69, 9.17) is 9.47 Å². The van der Waals surface area contributed by atoms with Gasteiger partial charge in [-0.15, -0.1) is 0 Å². The maximum absolute atomic E-state index is 14.3. The summed E-state index contributed by atoms with van der Waals surface area (Å²) in [7, 11) is 1.26. The van der Waals surface area contributed by atoms with Crippen molar-refractivity contribution in [2.24, 2.45) is 11.3 Å². The zero-order valence-corrected chi connectivity index (χ0v) is 22.1. The molecule has 2 aliphatic heterocycles. The SMILES string of the molecule is COc1ccc(F)cc1-c1ccc(C(F)(F)F)cc1[C@@H]1CC2CC23N1C(=O)OCC31C=C(C(F)(F)F)C=C(C(F)(F)F)C1. The Labute approximate surface area is 237 Å². The highest BCUT2D eigenvalue weighted by Gasteiger charge is 2.78. The first-order chi connectivity index (χ1) is 19.9. The van der Waals surface area contributed by atoms with Gasteiger partial charge in [0, 0.05) is 11.1 Å². The van der Waals surface area contributed by atoms with Crippen LogP contribution < -0.4 is 4.74 Å². The van der Waals surface area contributed by atoms with Crippen LogP contribution in [0.1, 0.15) is 36.4 Å². The molecule has 4 nitrogen and oxygen atoms in total. The van der Waals surface area contributed by atoms with Gasteiger partial charge in [0.25, 0.3) is 0 Å². The van der Waals surface area contributed by atoms with Crippen molar-refractivity contribution in [3.05, 3.63) is 76.6 Å². The van der Waals surface area contributed by atoms with Gasteiger partial charge in [-0.25, -0.2) is 9.18 Å². The molecule has 4 atom stereocenters. The monoisotopic (exact) mass is 621 g/mol. The molecule has 14 heteroatoms. The van der Waals surface area contributed by atoms with Crippen molar-refractivity contribution in [1.29, 1.82) is 0 Å². The molecule has 230 valence electrons. The molecule has 3 fully saturated rings. The number of hydrogen-bond donors (Lipinski definition) is 0. The number of methoxy groups -OCH3 is 1. The van der Waals surface area contributed by atoms with Crippen LogP contribution in [0.4, 0.5) is 48.7 Å². The third-order valence-electron chi connectivity index (χ3n) is 8.98. The van der Waals surface area contributed by atoms with Gasteiger partial charge in [0.2, 0.25) is 0 Å². The molecule has 2 spiro atoms. The Morgan fingerprint density at radius 2 is 1.65 bits per heavy atom. The summed E-state index contributed by atoms with van der Waals surface area (Å²) in [6, 6.07) is 4.69. The summed E-state index contributed by atoms with van der Waals surface area (Å²) in [5.74, 6) is -1.30. The fourth-order valence-corrected chi connectivity index (χ4v) is 7.17. The lowest BCUT2D eigenvalue weighted by Crippen LogP contribution is -2.59. The maximum atomic E-state index is 14.3. The van der Waals surface area contributed by atoms with E-state index in [-0.39, 0.29) is 41.4 Å². The quantitative estimate of drug-likeness (QED) is 0.323. The number of carbonyl (C=O) groups is 1. The summed E-state index contributed by atoms with van der Waals surface area (Å²) in [6.07, 6.45) is -16.4. The number of cyclic esters (lactones) is 1. The van der Waals surface area contributed by atoms with Gasteiger partial charge in [0.05, 0.1) is 35.2 Å². The fourth-order valence-electron chi connectivity index (χ4n) is 7.17. The van der Waals surface area contributed by atoms with E-state index < -0.39 is 83.1 Å². The topological polar surface area (TPSA) is 38.8 Å². The molecule has 0 aromatic heterocycles. The molecule has 4 aliphatic rings. The van der Waals surface area contributed by atoms with E-state index in [1.54, 1.807) is 0 Å². The number of allylic oxidation sites excluding steroid dienone is 3. The van der Waals surface area contributed by atoms with E-state index in [0.29, 0.717) is 6.08 Å². The number of rotatable bonds is 3. The van der Waals surface area contributed by atoms with Gasteiger partial charge in [-0.1, -0.05) is 12.1 Å². The Balaban J connectivity index is 1.53. The summed E-state index contributed by atoms with van der Waals surface area (Å²) < 4.78 is 150. The molecule has 0 bridgehead atoms. The second-order valence-electron chi connectivity index (χ2n) is 11.2. The molecule has 2 heterocycles. The highest BCUT2D eigenvalue weighted by atomic mass is 19.4. The summed E-state index contributed by atoms with van der Waals surface area (Å²) in [5, 5.41) is 0. The van der Waals surface area contributed by atoms with E-state index in [2.05, 4.69) is 0 Å². The van der Waals surface area contributed by atoms with Gasteiger partial charge in [-0.05, 0) is 72.7 Å². The Hall–Kier alpha value is -3.71. The number of nitrogens with zero attached hydrogens (tertiary/aromatic N) is 1. The second-order valence-corrected chi connectivity index (χ2v) is 11.2. The van der Waals surface area contributed by atoms with E-state index in [0.717, 1.165) is 35.2 Å². The van der Waals surface area contributed by atoms with Crippen molar-refractivity contribution < 1.29 is 58.2 Å². The Morgan fingerprint density at radius 3 is 2.28 bits per heavy atom. The Kier molecular flexibility index (Phi) is 6.25. The van der Waals surface area contributed by atoms with Crippen molar-refractivity contribution in [2.45, 2.75) is 49.4 Å². The lowest BCUT2D eigenvalue weighted by atomic mass is 9.67. The number of ether oxygens (including phenoxy) is 2. The molecule has 2 aromatic carbocycles. The normalized spacial score (nSPS) is 28.6. The van der Waals surface area contributed by atoms with Gasteiger partial charge in [0.1, 0.15) is 18.2 Å². The molecule has 0 N–H and O–H groups in total. The molecule has 2 aromatic rings. The van der Waals surface area contributed by atoms with Crippen LogP contribution >= 0.6 is 0 Å².